The van der Waals surface area contributed by atoms with E-state index in [4.69, 9.17) is 0 Å². The first-order chi connectivity index (χ1) is 6.59. The second-order valence-electron chi connectivity index (χ2n) is 3.12. The van der Waals surface area contributed by atoms with Crippen LogP contribution in [0.15, 0.2) is 29.2 Å². The van der Waals surface area contributed by atoms with Gasteiger partial charge in [-0.2, -0.15) is 0 Å². The fraction of sp³-hybridized carbons (Fsp3) is 0.100. The van der Waals surface area contributed by atoms with Crippen LogP contribution in [0.5, 0.6) is 5.75 Å². The van der Waals surface area contributed by atoms with Crippen molar-refractivity contribution < 1.29 is 9.50 Å². The van der Waals surface area contributed by atoms with Crippen molar-refractivity contribution in [3.05, 3.63) is 40.4 Å². The predicted octanol–water partition coefficient (Wildman–Crippen LogP) is 1.38. The van der Waals surface area contributed by atoms with E-state index in [9.17, 15) is 14.3 Å². The standard InChI is InChI=1S/C10H8FNO2/c1-12-5-9(13)10(14)7-4-6(11)2-3-8(7)12/h2-5,13H,1H3. The lowest BCUT2D eigenvalue weighted by molar-refractivity contribution is 0.466. The maximum Gasteiger partial charge on any atom is 0.231 e. The Morgan fingerprint density at radius 3 is 2.86 bits per heavy atom. The lowest BCUT2D eigenvalue weighted by atomic mass is 10.2. The summed E-state index contributed by atoms with van der Waals surface area (Å²) in [5.74, 6) is -0.856. The number of nitrogens with zero attached hydrogens (tertiary/aromatic N) is 1. The fourth-order valence-corrected chi connectivity index (χ4v) is 1.45. The number of pyridine rings is 1. The van der Waals surface area contributed by atoms with E-state index >= 15 is 0 Å². The van der Waals surface area contributed by atoms with Crippen LogP contribution in [0.4, 0.5) is 4.39 Å². The monoisotopic (exact) mass is 193 g/mol. The molecule has 72 valence electrons. The molecule has 4 heteroatoms. The van der Waals surface area contributed by atoms with E-state index in [-0.39, 0.29) is 11.1 Å². The highest BCUT2D eigenvalue weighted by molar-refractivity contribution is 5.80. The zero-order valence-electron chi connectivity index (χ0n) is 7.49. The molecule has 3 nitrogen and oxygen atoms in total. The minimum absolute atomic E-state index is 0.188. The second-order valence-corrected chi connectivity index (χ2v) is 3.12. The van der Waals surface area contributed by atoms with Gasteiger partial charge in [-0.3, -0.25) is 4.79 Å². The summed E-state index contributed by atoms with van der Waals surface area (Å²) in [6.45, 7) is 0. The van der Waals surface area contributed by atoms with Crippen LogP contribution in [-0.2, 0) is 7.05 Å². The summed E-state index contributed by atoms with van der Waals surface area (Å²) in [7, 11) is 1.68. The average Bonchev–Trinajstić information content (AvgIpc) is 2.14. The van der Waals surface area contributed by atoms with Crippen LogP contribution in [0.25, 0.3) is 10.9 Å². The number of aromatic nitrogens is 1. The molecule has 1 heterocycles. The van der Waals surface area contributed by atoms with Crippen LogP contribution < -0.4 is 5.43 Å². The highest BCUT2D eigenvalue weighted by atomic mass is 19.1. The van der Waals surface area contributed by atoms with Gasteiger partial charge in [0.2, 0.25) is 5.43 Å². The molecule has 1 N–H and O–H groups in total. The van der Waals surface area contributed by atoms with E-state index in [1.165, 1.54) is 18.3 Å². The summed E-state index contributed by atoms with van der Waals surface area (Å²) in [6.07, 6.45) is 1.31. The lowest BCUT2D eigenvalue weighted by Gasteiger charge is -2.05. The summed E-state index contributed by atoms with van der Waals surface area (Å²) in [6, 6.07) is 3.90. The molecular formula is C10H8FNO2. The van der Waals surface area contributed by atoms with Crippen molar-refractivity contribution in [2.24, 2.45) is 7.05 Å². The van der Waals surface area contributed by atoms with Crippen molar-refractivity contribution in [3.8, 4) is 5.75 Å². The summed E-state index contributed by atoms with van der Waals surface area (Å²) in [4.78, 5) is 11.4. The third-order valence-corrected chi connectivity index (χ3v) is 2.13. The van der Waals surface area contributed by atoms with Crippen LogP contribution in [0.3, 0.4) is 0 Å². The molecule has 1 aromatic carbocycles. The minimum atomic E-state index is -0.544. The van der Waals surface area contributed by atoms with Crippen molar-refractivity contribution in [3.63, 3.8) is 0 Å². The molecule has 0 spiro atoms. The molecule has 0 fully saturated rings. The first-order valence-electron chi connectivity index (χ1n) is 4.07. The molecule has 0 bridgehead atoms. The highest BCUT2D eigenvalue weighted by Gasteiger charge is 2.06. The normalized spacial score (nSPS) is 10.7. The maximum absolute atomic E-state index is 12.9. The van der Waals surface area contributed by atoms with Gasteiger partial charge in [-0.25, -0.2) is 4.39 Å². The Kier molecular flexibility index (Phi) is 1.77. The topological polar surface area (TPSA) is 42.2 Å². The molecule has 2 aromatic rings. The Bertz CT molecular complexity index is 560. The van der Waals surface area contributed by atoms with Crippen LogP contribution in [0, 0.1) is 5.82 Å². The van der Waals surface area contributed by atoms with E-state index < -0.39 is 11.2 Å². The van der Waals surface area contributed by atoms with Gasteiger partial charge in [-0.1, -0.05) is 0 Å². The SMILES string of the molecule is Cn1cc(O)c(=O)c2cc(F)ccc21. The Balaban J connectivity index is 3.03. The Morgan fingerprint density at radius 1 is 1.43 bits per heavy atom. The van der Waals surface area contributed by atoms with Gasteiger partial charge in [0.05, 0.1) is 17.1 Å². The Morgan fingerprint density at radius 2 is 2.14 bits per heavy atom. The van der Waals surface area contributed by atoms with Crippen LogP contribution in [-0.4, -0.2) is 9.67 Å². The van der Waals surface area contributed by atoms with Crippen molar-refractivity contribution in [2.45, 2.75) is 0 Å². The van der Waals surface area contributed by atoms with Gasteiger partial charge in [-0.05, 0) is 18.2 Å². The molecule has 0 aliphatic carbocycles. The number of benzene rings is 1. The molecule has 0 atom stereocenters. The lowest BCUT2D eigenvalue weighted by Crippen LogP contribution is -2.06. The largest absolute Gasteiger partial charge is 0.503 e. The van der Waals surface area contributed by atoms with Gasteiger partial charge < -0.3 is 9.67 Å². The van der Waals surface area contributed by atoms with Gasteiger partial charge in [0.25, 0.3) is 0 Å². The Labute approximate surface area is 79.0 Å². The zero-order valence-corrected chi connectivity index (χ0v) is 7.49. The Hall–Kier alpha value is -1.84. The third-order valence-electron chi connectivity index (χ3n) is 2.13. The van der Waals surface area contributed by atoms with Crippen molar-refractivity contribution in [1.29, 1.82) is 0 Å². The molecular weight excluding hydrogens is 185 g/mol. The minimum Gasteiger partial charge on any atom is -0.503 e. The van der Waals surface area contributed by atoms with Gasteiger partial charge in [0.1, 0.15) is 5.82 Å². The van der Waals surface area contributed by atoms with Crippen LogP contribution in [0.1, 0.15) is 0 Å². The van der Waals surface area contributed by atoms with Crippen LogP contribution >= 0.6 is 0 Å². The first-order valence-corrected chi connectivity index (χ1v) is 4.07. The number of hydrogen-bond acceptors (Lipinski definition) is 2. The van der Waals surface area contributed by atoms with Gasteiger partial charge in [-0.15, -0.1) is 0 Å². The molecule has 0 aliphatic heterocycles. The van der Waals surface area contributed by atoms with E-state index in [1.54, 1.807) is 11.6 Å². The van der Waals surface area contributed by atoms with Crippen molar-refractivity contribution in [2.75, 3.05) is 0 Å². The first kappa shape index (κ1) is 8.74. The number of rotatable bonds is 0. The number of halogens is 1. The van der Waals surface area contributed by atoms with E-state index in [1.807, 2.05) is 0 Å². The average molecular weight is 193 g/mol. The molecule has 0 aliphatic rings. The van der Waals surface area contributed by atoms with Gasteiger partial charge in [0, 0.05) is 7.05 Å². The molecule has 14 heavy (non-hydrogen) atoms. The molecule has 0 radical (unpaired) electrons. The molecule has 0 saturated carbocycles. The molecule has 2 rings (SSSR count). The number of fused-ring (bicyclic) bond motifs is 1. The zero-order chi connectivity index (χ0) is 10.3. The van der Waals surface area contributed by atoms with Crippen molar-refractivity contribution in [1.82, 2.24) is 4.57 Å². The molecule has 0 unspecified atom stereocenters. The highest BCUT2D eigenvalue weighted by Crippen LogP contribution is 2.14. The second kappa shape index (κ2) is 2.83. The van der Waals surface area contributed by atoms with Gasteiger partial charge >= 0.3 is 0 Å². The van der Waals surface area contributed by atoms with E-state index in [0.717, 1.165) is 6.07 Å². The summed E-state index contributed by atoms with van der Waals surface area (Å²) < 4.78 is 14.4. The molecule has 1 aromatic heterocycles. The number of hydrogen-bond donors (Lipinski definition) is 1. The van der Waals surface area contributed by atoms with Crippen molar-refractivity contribution >= 4 is 10.9 Å². The molecule has 0 amide bonds. The summed E-state index contributed by atoms with van der Waals surface area (Å²) >= 11 is 0. The van der Waals surface area contributed by atoms with E-state index in [2.05, 4.69) is 0 Å². The quantitative estimate of drug-likeness (QED) is 0.686. The number of aromatic hydroxyl groups is 1. The fourth-order valence-electron chi connectivity index (χ4n) is 1.45. The smallest absolute Gasteiger partial charge is 0.231 e. The predicted molar refractivity (Wildman–Crippen MR) is 50.8 cm³/mol. The number of aryl methyl sites for hydroxylation is 1. The third kappa shape index (κ3) is 1.16. The summed E-state index contributed by atoms with van der Waals surface area (Å²) in [5, 5.41) is 9.42. The van der Waals surface area contributed by atoms with Gasteiger partial charge in [0.15, 0.2) is 5.75 Å². The van der Waals surface area contributed by atoms with Crippen LogP contribution in [0.2, 0.25) is 0 Å². The summed E-state index contributed by atoms with van der Waals surface area (Å²) in [5.41, 5.74) is 0.0480. The molecule has 0 saturated heterocycles. The maximum atomic E-state index is 12.9. The van der Waals surface area contributed by atoms with E-state index in [0.29, 0.717) is 5.52 Å².